The van der Waals surface area contributed by atoms with E-state index in [0.29, 0.717) is 10.7 Å². The summed E-state index contributed by atoms with van der Waals surface area (Å²) in [5.74, 6) is 0. The highest BCUT2D eigenvalue weighted by Gasteiger charge is 1.97. The fourth-order valence-electron chi connectivity index (χ4n) is 1.39. The summed E-state index contributed by atoms with van der Waals surface area (Å²) in [7, 11) is 0. The van der Waals surface area contributed by atoms with E-state index in [1.807, 2.05) is 12.1 Å². The standard InChI is InChI=1S/C14H12ClN3O/c15-12-5-3-11(4-6-12)7-9-17-14(19)18-13-2-1-8-16-10-13/h1-10H,(H2,17,18,19)/b9-7+. The van der Waals surface area contributed by atoms with E-state index in [1.165, 1.54) is 0 Å². The molecule has 2 amide bonds. The smallest absolute Gasteiger partial charge is 0.314 e. The van der Waals surface area contributed by atoms with Crippen LogP contribution in [0.5, 0.6) is 0 Å². The number of halogens is 1. The molecule has 1 heterocycles. The Bertz CT molecular complexity index is 567. The quantitative estimate of drug-likeness (QED) is 0.899. The molecule has 19 heavy (non-hydrogen) atoms. The molecule has 0 bridgehead atoms. The molecule has 96 valence electrons. The van der Waals surface area contributed by atoms with Crippen LogP contribution in [0.25, 0.3) is 6.08 Å². The van der Waals surface area contributed by atoms with Crippen LogP contribution in [0, 0.1) is 0 Å². The minimum atomic E-state index is -0.321. The van der Waals surface area contributed by atoms with E-state index in [4.69, 9.17) is 11.6 Å². The number of urea groups is 1. The SMILES string of the molecule is O=C(N/C=C/c1ccc(Cl)cc1)Nc1cccnc1. The van der Waals surface area contributed by atoms with Crippen molar-refractivity contribution in [2.75, 3.05) is 5.32 Å². The Balaban J connectivity index is 1.85. The fourth-order valence-corrected chi connectivity index (χ4v) is 1.52. The van der Waals surface area contributed by atoms with Crippen LogP contribution in [0.4, 0.5) is 10.5 Å². The third-order valence-electron chi connectivity index (χ3n) is 2.28. The molecule has 4 nitrogen and oxygen atoms in total. The summed E-state index contributed by atoms with van der Waals surface area (Å²) in [4.78, 5) is 15.4. The average molecular weight is 274 g/mol. The summed E-state index contributed by atoms with van der Waals surface area (Å²) >= 11 is 5.78. The maximum Gasteiger partial charge on any atom is 0.323 e. The Morgan fingerprint density at radius 3 is 2.68 bits per heavy atom. The fraction of sp³-hybridized carbons (Fsp3) is 0. The Hall–Kier alpha value is -2.33. The highest BCUT2D eigenvalue weighted by atomic mass is 35.5. The summed E-state index contributed by atoms with van der Waals surface area (Å²) < 4.78 is 0. The molecule has 0 fully saturated rings. The van der Waals surface area contributed by atoms with E-state index in [0.717, 1.165) is 5.56 Å². The molecule has 0 spiro atoms. The molecule has 2 N–H and O–H groups in total. The van der Waals surface area contributed by atoms with E-state index >= 15 is 0 Å². The van der Waals surface area contributed by atoms with E-state index in [1.54, 1.807) is 48.9 Å². The largest absolute Gasteiger partial charge is 0.323 e. The minimum absolute atomic E-state index is 0.321. The van der Waals surface area contributed by atoms with E-state index in [2.05, 4.69) is 15.6 Å². The van der Waals surface area contributed by atoms with Gasteiger partial charge in [-0.05, 0) is 35.9 Å². The second kappa shape index (κ2) is 6.56. The minimum Gasteiger partial charge on any atom is -0.314 e. The third-order valence-corrected chi connectivity index (χ3v) is 2.53. The van der Waals surface area contributed by atoms with Crippen molar-refractivity contribution >= 4 is 29.4 Å². The predicted molar refractivity (Wildman–Crippen MR) is 76.9 cm³/mol. The van der Waals surface area contributed by atoms with Crippen LogP contribution >= 0.6 is 11.6 Å². The molecule has 1 aromatic heterocycles. The molecule has 5 heteroatoms. The zero-order valence-electron chi connectivity index (χ0n) is 10.0. The first-order chi connectivity index (χ1) is 9.24. The molecular formula is C14H12ClN3O. The first-order valence-corrected chi connectivity index (χ1v) is 6.01. The highest BCUT2D eigenvalue weighted by molar-refractivity contribution is 6.30. The normalized spacial score (nSPS) is 10.4. The van der Waals surface area contributed by atoms with Gasteiger partial charge in [0.1, 0.15) is 0 Å². The zero-order chi connectivity index (χ0) is 13.5. The lowest BCUT2D eigenvalue weighted by molar-refractivity contribution is 0.255. The van der Waals surface area contributed by atoms with Crippen molar-refractivity contribution in [3.05, 3.63) is 65.6 Å². The van der Waals surface area contributed by atoms with Gasteiger partial charge in [-0.3, -0.25) is 4.98 Å². The highest BCUT2D eigenvalue weighted by Crippen LogP contribution is 2.10. The monoisotopic (exact) mass is 273 g/mol. The van der Waals surface area contributed by atoms with Crippen LogP contribution < -0.4 is 10.6 Å². The molecule has 2 rings (SSSR count). The molecule has 2 aromatic rings. The van der Waals surface area contributed by atoms with E-state index in [-0.39, 0.29) is 6.03 Å². The summed E-state index contributed by atoms with van der Waals surface area (Å²) in [6.45, 7) is 0. The number of rotatable bonds is 3. The van der Waals surface area contributed by atoms with Gasteiger partial charge in [-0.15, -0.1) is 0 Å². The number of anilines is 1. The van der Waals surface area contributed by atoms with Crippen LogP contribution in [-0.2, 0) is 0 Å². The van der Waals surface area contributed by atoms with Crippen LogP contribution in [0.3, 0.4) is 0 Å². The number of benzene rings is 1. The van der Waals surface area contributed by atoms with Crippen molar-refractivity contribution in [2.24, 2.45) is 0 Å². The van der Waals surface area contributed by atoms with Gasteiger partial charge in [0.2, 0.25) is 0 Å². The maximum atomic E-state index is 11.5. The molecule has 0 aliphatic rings. The topological polar surface area (TPSA) is 54.0 Å². The van der Waals surface area contributed by atoms with Gasteiger partial charge in [-0.2, -0.15) is 0 Å². The van der Waals surface area contributed by atoms with Gasteiger partial charge < -0.3 is 10.6 Å². The van der Waals surface area contributed by atoms with Gasteiger partial charge in [0.05, 0.1) is 11.9 Å². The van der Waals surface area contributed by atoms with E-state index < -0.39 is 0 Å². The number of carbonyl (C=O) groups is 1. The first kappa shape index (κ1) is 13.1. The summed E-state index contributed by atoms with van der Waals surface area (Å²) in [5.41, 5.74) is 1.59. The zero-order valence-corrected chi connectivity index (χ0v) is 10.8. The van der Waals surface area contributed by atoms with E-state index in [9.17, 15) is 4.79 Å². The van der Waals surface area contributed by atoms with Crippen molar-refractivity contribution in [2.45, 2.75) is 0 Å². The number of nitrogens with one attached hydrogen (secondary N) is 2. The van der Waals surface area contributed by atoms with Crippen molar-refractivity contribution in [3.8, 4) is 0 Å². The van der Waals surface area contributed by atoms with Gasteiger partial charge in [-0.1, -0.05) is 23.7 Å². The first-order valence-electron chi connectivity index (χ1n) is 5.64. The van der Waals surface area contributed by atoms with Gasteiger partial charge in [0.25, 0.3) is 0 Å². The molecule has 0 unspecified atom stereocenters. The van der Waals surface area contributed by atoms with Gasteiger partial charge in [-0.25, -0.2) is 4.79 Å². The van der Waals surface area contributed by atoms with Crippen LogP contribution in [0.1, 0.15) is 5.56 Å². The number of amides is 2. The predicted octanol–water partition coefficient (Wildman–Crippen LogP) is 3.53. The molecule has 0 atom stereocenters. The number of aromatic nitrogens is 1. The Morgan fingerprint density at radius 1 is 1.21 bits per heavy atom. The van der Waals surface area contributed by atoms with Crippen molar-refractivity contribution in [1.82, 2.24) is 10.3 Å². The second-order valence-corrected chi connectivity index (χ2v) is 4.16. The lowest BCUT2D eigenvalue weighted by Crippen LogP contribution is -2.23. The summed E-state index contributed by atoms with van der Waals surface area (Å²) in [5, 5.41) is 5.94. The molecule has 0 aliphatic heterocycles. The van der Waals surface area contributed by atoms with Gasteiger partial charge in [0, 0.05) is 17.4 Å². The third kappa shape index (κ3) is 4.44. The molecule has 0 saturated carbocycles. The van der Waals surface area contributed by atoms with Crippen LogP contribution in [-0.4, -0.2) is 11.0 Å². The van der Waals surface area contributed by atoms with Gasteiger partial charge >= 0.3 is 6.03 Å². The lowest BCUT2D eigenvalue weighted by Gasteiger charge is -2.03. The molecule has 0 saturated heterocycles. The summed E-state index contributed by atoms with van der Waals surface area (Å²) in [6.07, 6.45) is 6.56. The number of hydrogen-bond acceptors (Lipinski definition) is 2. The second-order valence-electron chi connectivity index (χ2n) is 3.73. The lowest BCUT2D eigenvalue weighted by atomic mass is 10.2. The maximum absolute atomic E-state index is 11.5. The average Bonchev–Trinajstić information content (AvgIpc) is 2.42. The number of carbonyl (C=O) groups excluding carboxylic acids is 1. The molecular weight excluding hydrogens is 262 g/mol. The van der Waals surface area contributed by atoms with Crippen LogP contribution in [0.15, 0.2) is 55.0 Å². The molecule has 1 aromatic carbocycles. The summed E-state index contributed by atoms with van der Waals surface area (Å²) in [6, 6.07) is 10.5. The molecule has 0 radical (unpaired) electrons. The van der Waals surface area contributed by atoms with Crippen molar-refractivity contribution in [1.29, 1.82) is 0 Å². The number of pyridine rings is 1. The van der Waals surface area contributed by atoms with Gasteiger partial charge in [0.15, 0.2) is 0 Å². The van der Waals surface area contributed by atoms with Crippen molar-refractivity contribution < 1.29 is 4.79 Å². The Morgan fingerprint density at radius 2 is 2.00 bits per heavy atom. The van der Waals surface area contributed by atoms with Crippen LogP contribution in [0.2, 0.25) is 5.02 Å². The molecule has 0 aliphatic carbocycles. The Labute approximate surface area is 116 Å². The number of hydrogen-bond donors (Lipinski definition) is 2. The van der Waals surface area contributed by atoms with Crippen molar-refractivity contribution in [3.63, 3.8) is 0 Å². The number of nitrogens with zero attached hydrogens (tertiary/aromatic N) is 1. The Kier molecular flexibility index (Phi) is 4.53.